The number of hydrogen-bond donors (Lipinski definition) is 2. The highest BCUT2D eigenvalue weighted by Crippen LogP contribution is 2.24. The lowest BCUT2D eigenvalue weighted by atomic mass is 10.1. The Kier molecular flexibility index (Phi) is 5.91. The molecule has 5 heterocycles. The van der Waals surface area contributed by atoms with Crippen LogP contribution in [0.4, 0.5) is 5.82 Å². The lowest BCUT2D eigenvalue weighted by Crippen LogP contribution is -2.10. The summed E-state index contributed by atoms with van der Waals surface area (Å²) in [7, 11) is 0. The summed E-state index contributed by atoms with van der Waals surface area (Å²) >= 11 is 0. The molecule has 0 aliphatic heterocycles. The summed E-state index contributed by atoms with van der Waals surface area (Å²) in [6, 6.07) is 8.04. The summed E-state index contributed by atoms with van der Waals surface area (Å²) in [6.45, 7) is 4.65. The molecule has 0 amide bonds. The highest BCUT2D eigenvalue weighted by atomic mass is 16.3. The third kappa shape index (κ3) is 4.33. The summed E-state index contributed by atoms with van der Waals surface area (Å²) in [4.78, 5) is 22.6. The van der Waals surface area contributed by atoms with Crippen molar-refractivity contribution < 1.29 is 5.11 Å². The zero-order valence-corrected chi connectivity index (χ0v) is 18.9. The summed E-state index contributed by atoms with van der Waals surface area (Å²) in [5, 5.41) is 20.8. The van der Waals surface area contributed by atoms with E-state index in [4.69, 9.17) is 4.98 Å². The molecular weight excluding hydrogens is 432 g/mol. The van der Waals surface area contributed by atoms with E-state index in [9.17, 15) is 5.11 Å². The van der Waals surface area contributed by atoms with Crippen molar-refractivity contribution in [3.8, 4) is 17.2 Å². The lowest BCUT2D eigenvalue weighted by Gasteiger charge is -2.11. The van der Waals surface area contributed by atoms with Gasteiger partial charge in [-0.2, -0.15) is 14.6 Å². The summed E-state index contributed by atoms with van der Waals surface area (Å²) < 4.78 is 3.50. The van der Waals surface area contributed by atoms with Gasteiger partial charge in [-0.1, -0.05) is 11.3 Å². The molecule has 34 heavy (non-hydrogen) atoms. The van der Waals surface area contributed by atoms with E-state index >= 15 is 0 Å². The monoisotopic (exact) mass is 456 g/mol. The molecule has 5 aromatic rings. The first-order valence-corrected chi connectivity index (χ1v) is 11.0. The van der Waals surface area contributed by atoms with Crippen LogP contribution < -0.4 is 5.32 Å². The molecule has 172 valence electrons. The Labute approximate surface area is 195 Å². The first-order chi connectivity index (χ1) is 16.6. The van der Waals surface area contributed by atoms with Crippen LogP contribution in [0, 0.1) is 0 Å². The Hall–Kier alpha value is -4.25. The summed E-state index contributed by atoms with van der Waals surface area (Å²) in [5.41, 5.74) is 4.87. The fraction of sp³-hybridized carbons (Fsp3) is 0.261. The fourth-order valence-corrected chi connectivity index (χ4v) is 3.53. The number of aliphatic hydroxyl groups is 1. The Bertz CT molecular complexity index is 1390. The molecule has 0 aliphatic carbocycles. The van der Waals surface area contributed by atoms with Gasteiger partial charge >= 0.3 is 0 Å². The first-order valence-electron chi connectivity index (χ1n) is 11.0. The topological polar surface area (TPSA) is 132 Å². The van der Waals surface area contributed by atoms with Crippen molar-refractivity contribution in [2.45, 2.75) is 32.9 Å². The standard InChI is InChI=1S/C23H24N10O/c1-15(2)32-14-27-20-21(28-23(29-22(20)32)33-13-18(7-9-34)30-31-33)26-11-16-5-6-19(25-10-16)17-4-3-8-24-12-17/h3-6,8,10,12-15,34H,7,9,11H2,1-2H3,(H,26,28,29). The Morgan fingerprint density at radius 3 is 2.74 bits per heavy atom. The summed E-state index contributed by atoms with van der Waals surface area (Å²) in [6.07, 6.45) is 9.27. The van der Waals surface area contributed by atoms with Crippen LogP contribution in [0.5, 0.6) is 0 Å². The van der Waals surface area contributed by atoms with Crippen LogP contribution in [0.15, 0.2) is 55.4 Å². The van der Waals surface area contributed by atoms with E-state index in [1.165, 1.54) is 4.68 Å². The van der Waals surface area contributed by atoms with E-state index in [0.717, 1.165) is 16.8 Å². The van der Waals surface area contributed by atoms with Crippen molar-refractivity contribution in [1.82, 2.24) is 44.5 Å². The molecule has 5 aromatic heterocycles. The Morgan fingerprint density at radius 1 is 1.09 bits per heavy atom. The van der Waals surface area contributed by atoms with Gasteiger partial charge in [-0.05, 0) is 37.6 Å². The zero-order valence-electron chi connectivity index (χ0n) is 18.9. The molecule has 11 nitrogen and oxygen atoms in total. The van der Waals surface area contributed by atoms with Crippen LogP contribution in [-0.4, -0.2) is 56.2 Å². The second-order valence-electron chi connectivity index (χ2n) is 8.07. The van der Waals surface area contributed by atoms with E-state index in [1.54, 1.807) is 24.9 Å². The van der Waals surface area contributed by atoms with Crippen LogP contribution in [0.3, 0.4) is 0 Å². The maximum absolute atomic E-state index is 9.18. The number of anilines is 1. The van der Waals surface area contributed by atoms with Crippen molar-refractivity contribution in [2.75, 3.05) is 11.9 Å². The van der Waals surface area contributed by atoms with Crippen molar-refractivity contribution in [3.63, 3.8) is 0 Å². The molecule has 5 rings (SSSR count). The average Bonchev–Trinajstić information content (AvgIpc) is 3.51. The molecule has 0 fully saturated rings. The number of rotatable bonds is 8. The van der Waals surface area contributed by atoms with Gasteiger partial charge in [0, 0.05) is 49.8 Å². The predicted octanol–water partition coefficient (Wildman–Crippen LogP) is 2.59. The maximum Gasteiger partial charge on any atom is 0.256 e. The first kappa shape index (κ1) is 21.6. The van der Waals surface area contributed by atoms with Crippen molar-refractivity contribution >= 4 is 17.0 Å². The third-order valence-corrected chi connectivity index (χ3v) is 5.32. The average molecular weight is 457 g/mol. The van der Waals surface area contributed by atoms with Crippen molar-refractivity contribution in [2.24, 2.45) is 0 Å². The van der Waals surface area contributed by atoms with E-state index in [0.29, 0.717) is 41.6 Å². The maximum atomic E-state index is 9.18. The number of nitrogens with zero attached hydrogens (tertiary/aromatic N) is 9. The van der Waals surface area contributed by atoms with Gasteiger partial charge in [0.2, 0.25) is 0 Å². The van der Waals surface area contributed by atoms with Crippen LogP contribution in [0.2, 0.25) is 0 Å². The predicted molar refractivity (Wildman–Crippen MR) is 126 cm³/mol. The largest absolute Gasteiger partial charge is 0.396 e. The number of fused-ring (bicyclic) bond motifs is 1. The molecule has 0 unspecified atom stereocenters. The third-order valence-electron chi connectivity index (χ3n) is 5.32. The van der Waals surface area contributed by atoms with Crippen molar-refractivity contribution in [3.05, 3.63) is 66.6 Å². The number of hydrogen-bond acceptors (Lipinski definition) is 9. The normalized spacial score (nSPS) is 11.4. The number of pyridine rings is 2. The van der Waals surface area contributed by atoms with E-state index in [-0.39, 0.29) is 12.6 Å². The van der Waals surface area contributed by atoms with Gasteiger partial charge in [0.25, 0.3) is 5.95 Å². The highest BCUT2D eigenvalue weighted by molar-refractivity contribution is 5.83. The van der Waals surface area contributed by atoms with Gasteiger partial charge in [-0.3, -0.25) is 9.97 Å². The van der Waals surface area contributed by atoms with E-state index in [2.05, 4.69) is 49.4 Å². The molecule has 0 spiro atoms. The van der Waals surface area contributed by atoms with Gasteiger partial charge < -0.3 is 15.0 Å². The minimum Gasteiger partial charge on any atom is -0.396 e. The van der Waals surface area contributed by atoms with Crippen LogP contribution in [-0.2, 0) is 13.0 Å². The lowest BCUT2D eigenvalue weighted by molar-refractivity contribution is 0.298. The van der Waals surface area contributed by atoms with Crippen molar-refractivity contribution in [1.29, 1.82) is 0 Å². The number of aromatic nitrogens is 9. The van der Waals surface area contributed by atoms with Gasteiger partial charge in [0.05, 0.1) is 23.9 Å². The van der Waals surface area contributed by atoms with Crippen LogP contribution >= 0.6 is 0 Å². The molecule has 0 saturated heterocycles. The van der Waals surface area contributed by atoms with Crippen LogP contribution in [0.25, 0.3) is 28.4 Å². The van der Waals surface area contributed by atoms with Crippen LogP contribution in [0.1, 0.15) is 31.1 Å². The second-order valence-corrected chi connectivity index (χ2v) is 8.07. The minimum absolute atomic E-state index is 0.000872. The molecule has 0 bridgehead atoms. The molecule has 11 heteroatoms. The Morgan fingerprint density at radius 2 is 2.00 bits per heavy atom. The fourth-order valence-electron chi connectivity index (χ4n) is 3.53. The molecule has 0 aromatic carbocycles. The number of nitrogens with one attached hydrogen (secondary N) is 1. The van der Waals surface area contributed by atoms with Gasteiger partial charge in [-0.15, -0.1) is 5.10 Å². The molecule has 0 aliphatic rings. The smallest absolute Gasteiger partial charge is 0.256 e. The Balaban J connectivity index is 1.44. The second kappa shape index (κ2) is 9.32. The van der Waals surface area contributed by atoms with Gasteiger partial charge in [0.1, 0.15) is 0 Å². The molecule has 0 atom stereocenters. The van der Waals surface area contributed by atoms with Gasteiger partial charge in [-0.25, -0.2) is 4.98 Å². The van der Waals surface area contributed by atoms with E-state index < -0.39 is 0 Å². The number of imidazole rings is 1. The molecular formula is C23H24N10O. The molecule has 0 radical (unpaired) electrons. The quantitative estimate of drug-likeness (QED) is 0.361. The highest BCUT2D eigenvalue weighted by Gasteiger charge is 2.17. The molecule has 2 N–H and O–H groups in total. The van der Waals surface area contributed by atoms with Gasteiger partial charge in [0.15, 0.2) is 17.0 Å². The summed E-state index contributed by atoms with van der Waals surface area (Å²) in [5.74, 6) is 0.967. The van der Waals surface area contributed by atoms with E-state index in [1.807, 2.05) is 35.0 Å². The number of aliphatic hydroxyl groups excluding tert-OH is 1. The zero-order chi connectivity index (χ0) is 23.5. The SMILES string of the molecule is CC(C)n1cnc2c(NCc3ccc(-c4cccnc4)nc3)nc(-n3cc(CCO)nn3)nc21. The molecule has 0 saturated carbocycles. The minimum atomic E-state index is -0.000872.